The quantitative estimate of drug-likeness (QED) is 0.607. The van der Waals surface area contributed by atoms with Crippen molar-refractivity contribution in [3.63, 3.8) is 0 Å². The van der Waals surface area contributed by atoms with Crippen LogP contribution in [-0.4, -0.2) is 28.1 Å². The third-order valence-corrected chi connectivity index (χ3v) is 3.23. The number of rotatable bonds is 6. The molecule has 0 radical (unpaired) electrons. The van der Waals surface area contributed by atoms with E-state index in [9.17, 15) is 20.0 Å². The molecule has 0 bridgehead atoms. The van der Waals surface area contributed by atoms with Crippen LogP contribution in [0.2, 0.25) is 0 Å². The fourth-order valence-electron chi connectivity index (χ4n) is 1.58. The van der Waals surface area contributed by atoms with Gasteiger partial charge in [0.05, 0.1) is 10.5 Å². The maximum atomic E-state index is 11.8. The Morgan fingerprint density at radius 2 is 1.84 bits per heavy atom. The van der Waals surface area contributed by atoms with Crippen molar-refractivity contribution < 1.29 is 14.8 Å². The van der Waals surface area contributed by atoms with Gasteiger partial charge < -0.3 is 10.4 Å². The highest BCUT2D eigenvalue weighted by molar-refractivity contribution is 5.94. The molecule has 0 saturated carbocycles. The zero-order valence-corrected chi connectivity index (χ0v) is 11.0. The van der Waals surface area contributed by atoms with Gasteiger partial charge >= 0.3 is 0 Å². The average Bonchev–Trinajstić information content (AvgIpc) is 2.44. The highest BCUT2D eigenvalue weighted by atomic mass is 16.6. The second-order valence-corrected chi connectivity index (χ2v) is 4.42. The molecule has 6 nitrogen and oxygen atoms in total. The van der Waals surface area contributed by atoms with Gasteiger partial charge in [0.25, 0.3) is 11.6 Å². The molecule has 0 spiro atoms. The molecular weight excluding hydrogens is 248 g/mol. The predicted molar refractivity (Wildman–Crippen MR) is 71.0 cm³/mol. The van der Waals surface area contributed by atoms with Crippen molar-refractivity contribution in [1.82, 2.24) is 5.32 Å². The fourth-order valence-corrected chi connectivity index (χ4v) is 1.58. The van der Waals surface area contributed by atoms with Gasteiger partial charge in [-0.25, -0.2) is 0 Å². The number of nitro benzene ring substituents is 1. The van der Waals surface area contributed by atoms with Crippen LogP contribution in [0, 0.1) is 10.1 Å². The van der Waals surface area contributed by atoms with E-state index in [2.05, 4.69) is 5.32 Å². The SMILES string of the molecule is CCC(O)(CC)CNC(=O)c1ccc([N+](=O)[O-])cc1. The second kappa shape index (κ2) is 6.29. The van der Waals surface area contributed by atoms with E-state index in [1.54, 1.807) is 0 Å². The summed E-state index contributed by atoms with van der Waals surface area (Å²) in [6.07, 6.45) is 1.09. The number of amides is 1. The third-order valence-electron chi connectivity index (χ3n) is 3.23. The first kappa shape index (κ1) is 15.1. The molecule has 1 aromatic carbocycles. The van der Waals surface area contributed by atoms with Crippen molar-refractivity contribution in [2.75, 3.05) is 6.54 Å². The molecule has 0 atom stereocenters. The zero-order chi connectivity index (χ0) is 14.5. The molecule has 104 valence electrons. The predicted octanol–water partition coefficient (Wildman–Crippen LogP) is 1.88. The lowest BCUT2D eigenvalue weighted by molar-refractivity contribution is -0.384. The highest BCUT2D eigenvalue weighted by Crippen LogP contribution is 2.14. The first-order chi connectivity index (χ1) is 8.91. The van der Waals surface area contributed by atoms with E-state index >= 15 is 0 Å². The van der Waals surface area contributed by atoms with Crippen molar-refractivity contribution in [2.45, 2.75) is 32.3 Å². The van der Waals surface area contributed by atoms with Gasteiger partial charge in [-0.15, -0.1) is 0 Å². The molecule has 0 aliphatic heterocycles. The third kappa shape index (κ3) is 4.03. The van der Waals surface area contributed by atoms with Gasteiger partial charge in [-0.3, -0.25) is 14.9 Å². The normalized spacial score (nSPS) is 11.1. The van der Waals surface area contributed by atoms with Gasteiger partial charge in [-0.1, -0.05) is 13.8 Å². The molecule has 1 rings (SSSR count). The average molecular weight is 266 g/mol. The van der Waals surface area contributed by atoms with Gasteiger partial charge in [-0.05, 0) is 25.0 Å². The van der Waals surface area contributed by atoms with Crippen LogP contribution in [0.15, 0.2) is 24.3 Å². The van der Waals surface area contributed by atoms with Crippen molar-refractivity contribution in [3.05, 3.63) is 39.9 Å². The Balaban J connectivity index is 2.66. The number of hydrogen-bond acceptors (Lipinski definition) is 4. The number of benzene rings is 1. The van der Waals surface area contributed by atoms with Crippen LogP contribution in [0.25, 0.3) is 0 Å². The Morgan fingerprint density at radius 1 is 1.32 bits per heavy atom. The summed E-state index contributed by atoms with van der Waals surface area (Å²) in [5.74, 6) is -0.352. The Hall–Kier alpha value is -1.95. The summed E-state index contributed by atoms with van der Waals surface area (Å²) in [6.45, 7) is 3.86. The molecular formula is C13H18N2O4. The van der Waals surface area contributed by atoms with Crippen LogP contribution < -0.4 is 5.32 Å². The first-order valence-electron chi connectivity index (χ1n) is 6.17. The Bertz CT molecular complexity index is 452. The number of nitro groups is 1. The van der Waals surface area contributed by atoms with Gasteiger partial charge in [-0.2, -0.15) is 0 Å². The minimum Gasteiger partial charge on any atom is -0.388 e. The van der Waals surface area contributed by atoms with E-state index in [-0.39, 0.29) is 18.1 Å². The molecule has 0 aliphatic rings. The van der Waals surface area contributed by atoms with Crippen molar-refractivity contribution in [3.8, 4) is 0 Å². The number of nitrogens with one attached hydrogen (secondary N) is 1. The summed E-state index contributed by atoms with van der Waals surface area (Å²) < 4.78 is 0. The number of hydrogen-bond donors (Lipinski definition) is 2. The lowest BCUT2D eigenvalue weighted by atomic mass is 9.97. The lowest BCUT2D eigenvalue weighted by Gasteiger charge is -2.25. The fraction of sp³-hybridized carbons (Fsp3) is 0.462. The Kier molecular flexibility index (Phi) is 5.00. The Morgan fingerprint density at radius 3 is 2.26 bits per heavy atom. The molecule has 1 amide bonds. The molecule has 0 aromatic heterocycles. The largest absolute Gasteiger partial charge is 0.388 e. The lowest BCUT2D eigenvalue weighted by Crippen LogP contribution is -2.42. The molecule has 19 heavy (non-hydrogen) atoms. The summed E-state index contributed by atoms with van der Waals surface area (Å²) in [4.78, 5) is 21.8. The number of carbonyl (C=O) groups excluding carboxylic acids is 1. The number of aliphatic hydroxyl groups is 1. The van der Waals surface area contributed by atoms with Gasteiger partial charge in [0.2, 0.25) is 0 Å². The zero-order valence-electron chi connectivity index (χ0n) is 11.0. The second-order valence-electron chi connectivity index (χ2n) is 4.42. The summed E-state index contributed by atoms with van der Waals surface area (Å²) in [7, 11) is 0. The molecule has 1 aromatic rings. The van der Waals surface area contributed by atoms with E-state index < -0.39 is 10.5 Å². The van der Waals surface area contributed by atoms with Crippen LogP contribution in [0.4, 0.5) is 5.69 Å². The molecule has 0 unspecified atom stereocenters. The molecule has 2 N–H and O–H groups in total. The van der Waals surface area contributed by atoms with Crippen LogP contribution in [0.3, 0.4) is 0 Å². The van der Waals surface area contributed by atoms with E-state index in [0.717, 1.165) is 0 Å². The minimum atomic E-state index is -0.906. The summed E-state index contributed by atoms with van der Waals surface area (Å²) in [6, 6.07) is 5.34. The van der Waals surface area contributed by atoms with Crippen molar-refractivity contribution >= 4 is 11.6 Å². The van der Waals surface area contributed by atoms with Crippen LogP contribution >= 0.6 is 0 Å². The van der Waals surface area contributed by atoms with Gasteiger partial charge in [0.1, 0.15) is 0 Å². The van der Waals surface area contributed by atoms with Crippen LogP contribution in [-0.2, 0) is 0 Å². The molecule has 6 heteroatoms. The number of nitrogens with zero attached hydrogens (tertiary/aromatic N) is 1. The van der Waals surface area contributed by atoms with Crippen molar-refractivity contribution in [2.24, 2.45) is 0 Å². The molecule has 0 aliphatic carbocycles. The monoisotopic (exact) mass is 266 g/mol. The molecule has 0 heterocycles. The summed E-state index contributed by atoms with van der Waals surface area (Å²) in [5, 5.41) is 23.2. The van der Waals surface area contributed by atoms with Gasteiger partial charge in [0, 0.05) is 24.2 Å². The maximum absolute atomic E-state index is 11.8. The van der Waals surface area contributed by atoms with Crippen molar-refractivity contribution in [1.29, 1.82) is 0 Å². The maximum Gasteiger partial charge on any atom is 0.269 e. The highest BCUT2D eigenvalue weighted by Gasteiger charge is 2.23. The van der Waals surface area contributed by atoms with E-state index in [1.807, 2.05) is 13.8 Å². The van der Waals surface area contributed by atoms with Crippen LogP contribution in [0.1, 0.15) is 37.0 Å². The number of carbonyl (C=O) groups is 1. The summed E-state index contributed by atoms with van der Waals surface area (Å²) >= 11 is 0. The topological polar surface area (TPSA) is 92.5 Å². The van der Waals surface area contributed by atoms with Gasteiger partial charge in [0.15, 0.2) is 0 Å². The minimum absolute atomic E-state index is 0.0600. The Labute approximate surface area is 111 Å². The van der Waals surface area contributed by atoms with E-state index in [4.69, 9.17) is 0 Å². The smallest absolute Gasteiger partial charge is 0.269 e. The molecule has 0 saturated heterocycles. The van der Waals surface area contributed by atoms with E-state index in [0.29, 0.717) is 18.4 Å². The summed E-state index contributed by atoms with van der Waals surface area (Å²) in [5.41, 5.74) is -0.633. The first-order valence-corrected chi connectivity index (χ1v) is 6.17. The standard InChI is InChI=1S/C13H18N2O4/c1-3-13(17,4-2)9-14-12(16)10-5-7-11(8-6-10)15(18)19/h5-8,17H,3-4,9H2,1-2H3,(H,14,16). The molecule has 0 fully saturated rings. The van der Waals surface area contributed by atoms with Crippen LogP contribution in [0.5, 0.6) is 0 Å². The number of non-ortho nitro benzene ring substituents is 1. The van der Waals surface area contributed by atoms with E-state index in [1.165, 1.54) is 24.3 Å².